The molecule has 0 bridgehead atoms. The van der Waals surface area contributed by atoms with Gasteiger partial charge < -0.3 is 10.4 Å². The average molecular weight is 249 g/mol. The second-order valence-electron chi connectivity index (χ2n) is 5.76. The van der Waals surface area contributed by atoms with Gasteiger partial charge in [-0.1, -0.05) is 37.6 Å². The van der Waals surface area contributed by atoms with Gasteiger partial charge in [0, 0.05) is 12.1 Å². The van der Waals surface area contributed by atoms with E-state index in [2.05, 4.69) is 58.1 Å². The van der Waals surface area contributed by atoms with Crippen LogP contribution in [0.25, 0.3) is 0 Å². The van der Waals surface area contributed by atoms with Crippen LogP contribution in [0.15, 0.2) is 18.2 Å². The molecule has 0 amide bonds. The minimum atomic E-state index is 0.181. The first-order valence-electron chi connectivity index (χ1n) is 6.88. The fourth-order valence-electron chi connectivity index (χ4n) is 2.52. The Morgan fingerprint density at radius 1 is 1.17 bits per heavy atom. The Hall–Kier alpha value is -0.860. The highest BCUT2D eigenvalue weighted by Gasteiger charge is 2.15. The largest absolute Gasteiger partial charge is 0.395 e. The zero-order valence-corrected chi connectivity index (χ0v) is 12.3. The maximum Gasteiger partial charge on any atom is 0.0584 e. The summed E-state index contributed by atoms with van der Waals surface area (Å²) in [6.07, 6.45) is 1.01. The van der Waals surface area contributed by atoms with E-state index in [0.29, 0.717) is 5.92 Å². The molecule has 0 spiro atoms. The van der Waals surface area contributed by atoms with Crippen LogP contribution in [-0.2, 0) is 0 Å². The third-order valence-electron chi connectivity index (χ3n) is 3.35. The summed E-state index contributed by atoms with van der Waals surface area (Å²) < 4.78 is 0. The summed E-state index contributed by atoms with van der Waals surface area (Å²) >= 11 is 0. The fraction of sp³-hybridized carbons (Fsp3) is 0.625. The van der Waals surface area contributed by atoms with Gasteiger partial charge in [0.2, 0.25) is 0 Å². The molecule has 1 rings (SSSR count). The zero-order chi connectivity index (χ0) is 13.7. The Labute approximate surface area is 111 Å². The summed E-state index contributed by atoms with van der Waals surface area (Å²) in [4.78, 5) is 0. The number of aryl methyl sites for hydroxylation is 2. The molecule has 0 fully saturated rings. The topological polar surface area (TPSA) is 32.3 Å². The van der Waals surface area contributed by atoms with Gasteiger partial charge in [-0.25, -0.2) is 0 Å². The Balaban J connectivity index is 2.71. The number of hydrogen-bond donors (Lipinski definition) is 2. The van der Waals surface area contributed by atoms with Crippen molar-refractivity contribution >= 4 is 0 Å². The summed E-state index contributed by atoms with van der Waals surface area (Å²) in [7, 11) is 0. The molecular weight excluding hydrogens is 222 g/mol. The maximum atomic E-state index is 9.42. The van der Waals surface area contributed by atoms with E-state index in [0.717, 1.165) is 6.42 Å². The van der Waals surface area contributed by atoms with Crippen molar-refractivity contribution in [1.82, 2.24) is 5.32 Å². The van der Waals surface area contributed by atoms with Crippen molar-refractivity contribution < 1.29 is 5.11 Å². The summed E-state index contributed by atoms with van der Waals surface area (Å²) in [6, 6.07) is 7.01. The van der Waals surface area contributed by atoms with E-state index in [1.807, 2.05) is 0 Å². The van der Waals surface area contributed by atoms with Crippen molar-refractivity contribution in [3.8, 4) is 0 Å². The van der Waals surface area contributed by atoms with Crippen molar-refractivity contribution in [3.05, 3.63) is 34.9 Å². The highest BCUT2D eigenvalue weighted by atomic mass is 16.3. The summed E-state index contributed by atoms with van der Waals surface area (Å²) in [5.41, 5.74) is 3.93. The lowest BCUT2D eigenvalue weighted by atomic mass is 9.98. The Kier molecular flexibility index (Phi) is 5.83. The van der Waals surface area contributed by atoms with Gasteiger partial charge in [0.05, 0.1) is 6.61 Å². The fourth-order valence-corrected chi connectivity index (χ4v) is 2.52. The molecule has 0 saturated heterocycles. The molecule has 2 unspecified atom stereocenters. The van der Waals surface area contributed by atoms with Crippen LogP contribution in [0.3, 0.4) is 0 Å². The second kappa shape index (κ2) is 6.91. The standard InChI is InChI=1S/C16H27NO/c1-11(2)8-15(10-18)17-14(5)16-7-6-12(3)9-13(16)4/h6-7,9,11,14-15,17-18H,8,10H2,1-5H3. The van der Waals surface area contributed by atoms with E-state index in [-0.39, 0.29) is 18.7 Å². The summed E-state index contributed by atoms with van der Waals surface area (Å²) in [5.74, 6) is 0.598. The van der Waals surface area contributed by atoms with E-state index in [9.17, 15) is 5.11 Å². The van der Waals surface area contributed by atoms with Gasteiger partial charge in [0.25, 0.3) is 0 Å². The van der Waals surface area contributed by atoms with Crippen LogP contribution in [0, 0.1) is 19.8 Å². The molecule has 2 nitrogen and oxygen atoms in total. The van der Waals surface area contributed by atoms with Crippen molar-refractivity contribution in [2.75, 3.05) is 6.61 Å². The molecule has 0 saturated carbocycles. The minimum Gasteiger partial charge on any atom is -0.395 e. The van der Waals surface area contributed by atoms with Gasteiger partial charge in [-0.2, -0.15) is 0 Å². The van der Waals surface area contributed by atoms with Gasteiger partial charge in [0.1, 0.15) is 0 Å². The first kappa shape index (κ1) is 15.2. The van der Waals surface area contributed by atoms with Crippen molar-refractivity contribution in [1.29, 1.82) is 0 Å². The van der Waals surface area contributed by atoms with Gasteiger partial charge >= 0.3 is 0 Å². The summed E-state index contributed by atoms with van der Waals surface area (Å²) in [5, 5.41) is 12.9. The van der Waals surface area contributed by atoms with Gasteiger partial charge in [0.15, 0.2) is 0 Å². The van der Waals surface area contributed by atoms with E-state index < -0.39 is 0 Å². The maximum absolute atomic E-state index is 9.42. The highest BCUT2D eigenvalue weighted by molar-refractivity contribution is 5.32. The molecule has 0 aliphatic carbocycles. The molecule has 0 aliphatic heterocycles. The number of rotatable bonds is 6. The van der Waals surface area contributed by atoms with E-state index in [1.165, 1.54) is 16.7 Å². The quantitative estimate of drug-likeness (QED) is 0.810. The predicted molar refractivity (Wildman–Crippen MR) is 77.8 cm³/mol. The predicted octanol–water partition coefficient (Wildman–Crippen LogP) is 3.36. The van der Waals surface area contributed by atoms with Gasteiger partial charge in [-0.15, -0.1) is 0 Å². The molecule has 18 heavy (non-hydrogen) atoms. The molecule has 1 aromatic carbocycles. The number of nitrogens with one attached hydrogen (secondary N) is 1. The third kappa shape index (κ3) is 4.43. The van der Waals surface area contributed by atoms with Crippen molar-refractivity contribution in [2.24, 2.45) is 5.92 Å². The van der Waals surface area contributed by atoms with Crippen LogP contribution in [0.5, 0.6) is 0 Å². The average Bonchev–Trinajstić information content (AvgIpc) is 2.27. The second-order valence-corrected chi connectivity index (χ2v) is 5.76. The zero-order valence-electron chi connectivity index (χ0n) is 12.3. The molecule has 0 radical (unpaired) electrons. The van der Waals surface area contributed by atoms with E-state index in [4.69, 9.17) is 0 Å². The first-order chi connectivity index (χ1) is 8.43. The number of aliphatic hydroxyl groups excluding tert-OH is 1. The van der Waals surface area contributed by atoms with Crippen LogP contribution < -0.4 is 5.32 Å². The van der Waals surface area contributed by atoms with Crippen LogP contribution in [0.2, 0.25) is 0 Å². The molecule has 0 aromatic heterocycles. The van der Waals surface area contributed by atoms with Crippen LogP contribution in [0.1, 0.15) is 49.9 Å². The highest BCUT2D eigenvalue weighted by Crippen LogP contribution is 2.20. The number of aliphatic hydroxyl groups is 1. The van der Waals surface area contributed by atoms with Crippen LogP contribution >= 0.6 is 0 Å². The normalized spacial score (nSPS) is 14.8. The minimum absolute atomic E-state index is 0.181. The Morgan fingerprint density at radius 2 is 1.83 bits per heavy atom. The smallest absolute Gasteiger partial charge is 0.0584 e. The van der Waals surface area contributed by atoms with Crippen molar-refractivity contribution in [2.45, 2.75) is 53.1 Å². The van der Waals surface area contributed by atoms with Gasteiger partial charge in [-0.3, -0.25) is 0 Å². The van der Waals surface area contributed by atoms with Crippen LogP contribution in [-0.4, -0.2) is 17.8 Å². The third-order valence-corrected chi connectivity index (χ3v) is 3.35. The molecule has 1 aromatic rings. The Bertz CT molecular complexity index is 373. The van der Waals surface area contributed by atoms with Gasteiger partial charge in [-0.05, 0) is 44.2 Å². The number of benzene rings is 1. The molecule has 102 valence electrons. The monoisotopic (exact) mass is 249 g/mol. The molecule has 0 heterocycles. The SMILES string of the molecule is Cc1ccc(C(C)NC(CO)CC(C)C)c(C)c1. The molecular formula is C16H27NO. The number of hydrogen-bond acceptors (Lipinski definition) is 2. The Morgan fingerprint density at radius 3 is 2.33 bits per heavy atom. The van der Waals surface area contributed by atoms with E-state index >= 15 is 0 Å². The van der Waals surface area contributed by atoms with E-state index in [1.54, 1.807) is 0 Å². The molecule has 2 heteroatoms. The molecule has 0 aliphatic rings. The molecule has 2 atom stereocenters. The summed E-state index contributed by atoms with van der Waals surface area (Å²) in [6.45, 7) is 11.0. The van der Waals surface area contributed by atoms with Crippen LogP contribution in [0.4, 0.5) is 0 Å². The first-order valence-corrected chi connectivity index (χ1v) is 6.88. The lowest BCUT2D eigenvalue weighted by molar-refractivity contribution is 0.215. The lowest BCUT2D eigenvalue weighted by Crippen LogP contribution is -2.35. The van der Waals surface area contributed by atoms with Crippen molar-refractivity contribution in [3.63, 3.8) is 0 Å². The molecule has 2 N–H and O–H groups in total. The lowest BCUT2D eigenvalue weighted by Gasteiger charge is -2.24.